The summed E-state index contributed by atoms with van der Waals surface area (Å²) < 4.78 is 2.52. The van der Waals surface area contributed by atoms with Gasteiger partial charge < -0.3 is 4.57 Å². The molecule has 4 nitrogen and oxygen atoms in total. The van der Waals surface area contributed by atoms with Crippen molar-refractivity contribution in [1.29, 1.82) is 0 Å². The predicted octanol–water partition coefficient (Wildman–Crippen LogP) is 17.2. The van der Waals surface area contributed by atoms with Crippen LogP contribution in [0.3, 0.4) is 0 Å². The third kappa shape index (κ3) is 8.44. The Labute approximate surface area is 405 Å². The molecule has 0 atom stereocenters. The minimum Gasteiger partial charge on any atom is -0.308 e. The molecule has 11 aromatic rings. The largest absolute Gasteiger partial charge is 0.308 e. The van der Waals surface area contributed by atoms with Crippen LogP contribution in [0.15, 0.2) is 218 Å². The highest BCUT2D eigenvalue weighted by molar-refractivity contribution is 6.11. The Kier molecular flexibility index (Phi) is 11.0. The molecular weight excluding hydrogens is 837 g/mol. The Morgan fingerprint density at radius 1 is 0.290 bits per heavy atom. The van der Waals surface area contributed by atoms with Crippen LogP contribution in [0.2, 0.25) is 0 Å². The number of hydrogen-bond acceptors (Lipinski definition) is 3. The minimum absolute atomic E-state index is 0.0367. The first-order valence-corrected chi connectivity index (χ1v) is 23.9. The normalized spacial score (nSPS) is 11.9. The SMILES string of the molecule is CC(C)(C)c1ccc2c(c1)c1cc(C(C)(C)C)ccc1n2-c1c(-c2ccc(-c3ccccc3)cc2)cc(-c2nc(-c3ccccc3)nc(-c3ccccc3)n2)cc1-c1ccc(-c2ccccc2)cc1. The fraction of sp³-hybridized carbons (Fsp3) is 0.123. The van der Waals surface area contributed by atoms with Gasteiger partial charge in [0.2, 0.25) is 0 Å². The molecule has 0 spiro atoms. The number of benzene rings is 9. The summed E-state index contributed by atoms with van der Waals surface area (Å²) in [4.78, 5) is 15.7. The van der Waals surface area contributed by atoms with Crippen LogP contribution < -0.4 is 0 Å². The monoisotopic (exact) mass is 890 g/mol. The van der Waals surface area contributed by atoms with Crippen LogP contribution >= 0.6 is 0 Å². The first-order chi connectivity index (χ1) is 33.5. The Balaban J connectivity index is 1.26. The van der Waals surface area contributed by atoms with E-state index in [0.717, 1.165) is 66.8 Å². The summed E-state index contributed by atoms with van der Waals surface area (Å²) in [7, 11) is 0. The number of nitrogens with zero attached hydrogens (tertiary/aromatic N) is 4. The van der Waals surface area contributed by atoms with Gasteiger partial charge in [-0.25, -0.2) is 15.0 Å². The molecule has 69 heavy (non-hydrogen) atoms. The molecule has 0 unspecified atom stereocenters. The fourth-order valence-corrected chi connectivity index (χ4v) is 9.53. The summed E-state index contributed by atoms with van der Waals surface area (Å²) in [5.41, 5.74) is 17.7. The fourth-order valence-electron chi connectivity index (χ4n) is 9.53. The molecule has 9 aromatic carbocycles. The molecule has 0 bridgehead atoms. The van der Waals surface area contributed by atoms with Gasteiger partial charge in [-0.15, -0.1) is 0 Å². The lowest BCUT2D eigenvalue weighted by atomic mass is 9.85. The number of hydrogen-bond donors (Lipinski definition) is 0. The molecule has 0 amide bonds. The zero-order chi connectivity index (χ0) is 47.3. The van der Waals surface area contributed by atoms with Gasteiger partial charge in [0.15, 0.2) is 17.5 Å². The van der Waals surface area contributed by atoms with Gasteiger partial charge in [0.1, 0.15) is 0 Å². The first kappa shape index (κ1) is 43.4. The lowest BCUT2D eigenvalue weighted by molar-refractivity contribution is 0.590. The summed E-state index contributed by atoms with van der Waals surface area (Å²) in [6.07, 6.45) is 0. The highest BCUT2D eigenvalue weighted by Crippen LogP contribution is 2.46. The molecule has 0 saturated carbocycles. The van der Waals surface area contributed by atoms with Crippen LogP contribution in [-0.2, 0) is 10.8 Å². The first-order valence-electron chi connectivity index (χ1n) is 23.9. The molecule has 0 aliphatic carbocycles. The van der Waals surface area contributed by atoms with Crippen molar-refractivity contribution >= 4 is 21.8 Å². The van der Waals surface area contributed by atoms with Crippen LogP contribution in [0.5, 0.6) is 0 Å². The maximum atomic E-state index is 5.31. The molecule has 0 N–H and O–H groups in total. The van der Waals surface area contributed by atoms with Crippen molar-refractivity contribution in [1.82, 2.24) is 19.5 Å². The molecule has 0 radical (unpaired) electrons. The molecule has 11 rings (SSSR count). The number of fused-ring (bicyclic) bond motifs is 3. The molecule has 0 aliphatic heterocycles. The quantitative estimate of drug-likeness (QED) is 0.153. The van der Waals surface area contributed by atoms with E-state index in [-0.39, 0.29) is 10.8 Å². The van der Waals surface area contributed by atoms with Gasteiger partial charge in [-0.1, -0.05) is 224 Å². The summed E-state index contributed by atoms with van der Waals surface area (Å²) in [5, 5.41) is 2.47. The maximum Gasteiger partial charge on any atom is 0.164 e. The van der Waals surface area contributed by atoms with Gasteiger partial charge >= 0.3 is 0 Å². The van der Waals surface area contributed by atoms with E-state index in [9.17, 15) is 0 Å². The molecule has 0 aliphatic rings. The zero-order valence-corrected chi connectivity index (χ0v) is 40.1. The Hall–Kier alpha value is -8.21. The predicted molar refractivity (Wildman–Crippen MR) is 290 cm³/mol. The van der Waals surface area contributed by atoms with E-state index >= 15 is 0 Å². The van der Waals surface area contributed by atoms with Crippen molar-refractivity contribution in [3.63, 3.8) is 0 Å². The Morgan fingerprint density at radius 3 is 0.942 bits per heavy atom. The third-order valence-electron chi connectivity index (χ3n) is 13.4. The van der Waals surface area contributed by atoms with Crippen molar-refractivity contribution in [3.8, 4) is 84.4 Å². The van der Waals surface area contributed by atoms with Crippen molar-refractivity contribution in [2.24, 2.45) is 0 Å². The van der Waals surface area contributed by atoms with E-state index < -0.39 is 0 Å². The van der Waals surface area contributed by atoms with Crippen molar-refractivity contribution in [2.75, 3.05) is 0 Å². The van der Waals surface area contributed by atoms with Gasteiger partial charge in [0.05, 0.1) is 16.7 Å². The van der Waals surface area contributed by atoms with E-state index in [2.05, 4.69) is 228 Å². The van der Waals surface area contributed by atoms with E-state index in [1.807, 2.05) is 36.4 Å². The second kappa shape index (κ2) is 17.5. The van der Waals surface area contributed by atoms with Gasteiger partial charge in [-0.3, -0.25) is 0 Å². The summed E-state index contributed by atoms with van der Waals surface area (Å²) in [5.74, 6) is 1.85. The topological polar surface area (TPSA) is 43.6 Å². The molecular formula is C65H54N4. The molecule has 2 aromatic heterocycles. The summed E-state index contributed by atoms with van der Waals surface area (Å²) >= 11 is 0. The standard InChI is InChI=1S/C65H54N4/c1-64(2,3)52-35-37-58-56(41-52)57-42-53(65(4,5)6)36-38-59(57)69(58)60-54(47-31-27-45(28-32-47)43-19-11-7-12-20-43)39-51(40-55(60)48-33-29-46(30-34-48)44-21-13-8-14-22-44)63-67-61(49-23-15-9-16-24-49)66-62(68-63)50-25-17-10-18-26-50/h7-42H,1-6H3. The average molecular weight is 891 g/mol. The van der Waals surface area contributed by atoms with E-state index in [0.29, 0.717) is 17.5 Å². The van der Waals surface area contributed by atoms with Gasteiger partial charge in [0, 0.05) is 38.6 Å². The van der Waals surface area contributed by atoms with Crippen LogP contribution in [0, 0.1) is 0 Å². The summed E-state index contributed by atoms with van der Waals surface area (Å²) in [6.45, 7) is 13.8. The highest BCUT2D eigenvalue weighted by Gasteiger charge is 2.26. The number of rotatable bonds is 8. The molecule has 334 valence electrons. The molecule has 4 heteroatoms. The van der Waals surface area contributed by atoms with Gasteiger partial charge in [-0.05, 0) is 91.7 Å². The zero-order valence-electron chi connectivity index (χ0n) is 40.1. The van der Waals surface area contributed by atoms with Crippen molar-refractivity contribution in [2.45, 2.75) is 52.4 Å². The third-order valence-corrected chi connectivity index (χ3v) is 13.4. The highest BCUT2D eigenvalue weighted by atomic mass is 15.0. The van der Waals surface area contributed by atoms with Crippen molar-refractivity contribution < 1.29 is 0 Å². The maximum absolute atomic E-state index is 5.31. The second-order valence-corrected chi connectivity index (χ2v) is 20.1. The number of aromatic nitrogens is 4. The Morgan fingerprint density at radius 2 is 0.594 bits per heavy atom. The van der Waals surface area contributed by atoms with E-state index in [4.69, 9.17) is 15.0 Å². The lowest BCUT2D eigenvalue weighted by Crippen LogP contribution is -2.10. The molecule has 2 heterocycles. The van der Waals surface area contributed by atoms with Crippen molar-refractivity contribution in [3.05, 3.63) is 230 Å². The molecule has 0 saturated heterocycles. The van der Waals surface area contributed by atoms with Crippen LogP contribution in [0.25, 0.3) is 106 Å². The van der Waals surface area contributed by atoms with Gasteiger partial charge in [0.25, 0.3) is 0 Å². The summed E-state index contributed by atoms with van der Waals surface area (Å²) in [6, 6.07) is 78.5. The molecule has 0 fully saturated rings. The second-order valence-electron chi connectivity index (χ2n) is 20.1. The van der Waals surface area contributed by atoms with E-state index in [1.165, 1.54) is 33.0 Å². The smallest absolute Gasteiger partial charge is 0.164 e. The lowest BCUT2D eigenvalue weighted by Gasteiger charge is -2.22. The van der Waals surface area contributed by atoms with Gasteiger partial charge in [-0.2, -0.15) is 0 Å². The average Bonchev–Trinajstić information content (AvgIpc) is 3.71. The Bertz CT molecular complexity index is 3390. The van der Waals surface area contributed by atoms with Crippen LogP contribution in [-0.4, -0.2) is 19.5 Å². The van der Waals surface area contributed by atoms with Crippen LogP contribution in [0.4, 0.5) is 0 Å². The minimum atomic E-state index is -0.0367. The van der Waals surface area contributed by atoms with Crippen LogP contribution in [0.1, 0.15) is 52.7 Å². The van der Waals surface area contributed by atoms with E-state index in [1.54, 1.807) is 0 Å².